The number of nitrogens with one attached hydrogen (secondary N) is 1. The maximum absolute atomic E-state index is 12.7. The SMILES string of the molecule is C=CCN(CCNC(=O)c1ccc(F)cc1)S(C)(=O)=O. The second-order valence-electron chi connectivity index (χ2n) is 4.17. The Labute approximate surface area is 118 Å². The van der Waals surface area contributed by atoms with Crippen molar-refractivity contribution in [2.75, 3.05) is 25.9 Å². The molecule has 0 aliphatic heterocycles. The molecule has 0 aromatic heterocycles. The van der Waals surface area contributed by atoms with Crippen LogP contribution in [0.5, 0.6) is 0 Å². The number of sulfonamides is 1. The molecule has 0 saturated heterocycles. The highest BCUT2D eigenvalue weighted by Gasteiger charge is 2.14. The molecule has 0 radical (unpaired) electrons. The van der Waals surface area contributed by atoms with Crippen molar-refractivity contribution in [3.63, 3.8) is 0 Å². The van der Waals surface area contributed by atoms with Crippen molar-refractivity contribution in [2.24, 2.45) is 0 Å². The zero-order valence-electron chi connectivity index (χ0n) is 11.2. The van der Waals surface area contributed by atoms with E-state index in [1.165, 1.54) is 34.6 Å². The van der Waals surface area contributed by atoms with Gasteiger partial charge in [-0.05, 0) is 24.3 Å². The van der Waals surface area contributed by atoms with Crippen molar-refractivity contribution in [3.8, 4) is 0 Å². The van der Waals surface area contributed by atoms with E-state index in [2.05, 4.69) is 11.9 Å². The number of nitrogens with zero attached hydrogens (tertiary/aromatic N) is 1. The highest BCUT2D eigenvalue weighted by Crippen LogP contribution is 2.02. The minimum Gasteiger partial charge on any atom is -0.351 e. The summed E-state index contributed by atoms with van der Waals surface area (Å²) in [7, 11) is -3.33. The number of rotatable bonds is 7. The first-order valence-corrected chi connectivity index (χ1v) is 7.79. The van der Waals surface area contributed by atoms with E-state index in [4.69, 9.17) is 0 Å². The van der Waals surface area contributed by atoms with Crippen LogP contribution in [0, 0.1) is 5.82 Å². The van der Waals surface area contributed by atoms with Crippen LogP contribution in [0.1, 0.15) is 10.4 Å². The fourth-order valence-electron chi connectivity index (χ4n) is 1.53. The molecule has 0 saturated carbocycles. The predicted molar refractivity (Wildman–Crippen MR) is 75.3 cm³/mol. The van der Waals surface area contributed by atoms with Gasteiger partial charge >= 0.3 is 0 Å². The topological polar surface area (TPSA) is 66.5 Å². The molecule has 5 nitrogen and oxygen atoms in total. The third kappa shape index (κ3) is 5.10. The number of halogens is 1. The standard InChI is InChI=1S/C13H17FN2O3S/c1-3-9-16(20(2,18)19)10-8-15-13(17)11-4-6-12(14)7-5-11/h3-7H,1,8-10H2,2H3,(H,15,17). The third-order valence-electron chi connectivity index (χ3n) is 2.55. The van der Waals surface area contributed by atoms with Gasteiger partial charge in [-0.2, -0.15) is 4.31 Å². The smallest absolute Gasteiger partial charge is 0.251 e. The van der Waals surface area contributed by atoms with E-state index in [0.29, 0.717) is 5.56 Å². The van der Waals surface area contributed by atoms with Gasteiger partial charge in [0.05, 0.1) is 6.26 Å². The number of carbonyl (C=O) groups excluding carboxylic acids is 1. The van der Waals surface area contributed by atoms with E-state index in [9.17, 15) is 17.6 Å². The molecule has 0 spiro atoms. The molecule has 0 aliphatic rings. The third-order valence-corrected chi connectivity index (χ3v) is 3.82. The molecule has 0 heterocycles. The molecule has 1 N–H and O–H groups in total. The lowest BCUT2D eigenvalue weighted by atomic mass is 10.2. The van der Waals surface area contributed by atoms with Gasteiger partial charge in [0.2, 0.25) is 10.0 Å². The summed E-state index contributed by atoms with van der Waals surface area (Å²) in [6.07, 6.45) is 2.57. The quantitative estimate of drug-likeness (QED) is 0.764. The molecule has 1 aromatic carbocycles. The number of carbonyl (C=O) groups is 1. The van der Waals surface area contributed by atoms with Crippen LogP contribution >= 0.6 is 0 Å². The minimum absolute atomic E-state index is 0.151. The molecule has 1 aromatic rings. The van der Waals surface area contributed by atoms with Crippen molar-refractivity contribution < 1.29 is 17.6 Å². The van der Waals surface area contributed by atoms with Gasteiger partial charge in [-0.15, -0.1) is 6.58 Å². The summed E-state index contributed by atoms with van der Waals surface area (Å²) >= 11 is 0. The van der Waals surface area contributed by atoms with E-state index in [1.54, 1.807) is 0 Å². The zero-order chi connectivity index (χ0) is 15.2. The summed E-state index contributed by atoms with van der Waals surface area (Å²) in [5, 5.41) is 2.58. The lowest BCUT2D eigenvalue weighted by Crippen LogP contribution is -2.38. The Hall–Kier alpha value is -1.73. The Balaban J connectivity index is 2.52. The summed E-state index contributed by atoms with van der Waals surface area (Å²) in [6.45, 7) is 3.98. The molecule has 0 atom stereocenters. The number of hydrogen-bond donors (Lipinski definition) is 1. The van der Waals surface area contributed by atoms with Gasteiger partial charge < -0.3 is 5.32 Å². The van der Waals surface area contributed by atoms with Crippen molar-refractivity contribution in [1.29, 1.82) is 0 Å². The Bertz CT molecular complexity index is 570. The Morgan fingerprint density at radius 3 is 2.50 bits per heavy atom. The molecule has 7 heteroatoms. The molecule has 0 unspecified atom stereocenters. The largest absolute Gasteiger partial charge is 0.351 e. The maximum atomic E-state index is 12.7. The monoisotopic (exact) mass is 300 g/mol. The molecule has 1 rings (SSSR count). The first-order chi connectivity index (χ1) is 9.34. The summed E-state index contributed by atoms with van der Waals surface area (Å²) in [5.74, 6) is -0.798. The molecule has 0 bridgehead atoms. The van der Waals surface area contributed by atoms with Gasteiger partial charge in [0.25, 0.3) is 5.91 Å². The first kappa shape index (κ1) is 16.3. The van der Waals surface area contributed by atoms with Crippen LogP contribution in [0.15, 0.2) is 36.9 Å². The summed E-state index contributed by atoms with van der Waals surface area (Å²) in [4.78, 5) is 11.7. The van der Waals surface area contributed by atoms with Crippen molar-refractivity contribution >= 4 is 15.9 Å². The van der Waals surface area contributed by atoms with Crippen LogP contribution in [0.2, 0.25) is 0 Å². The van der Waals surface area contributed by atoms with Crippen LogP contribution < -0.4 is 5.32 Å². The van der Waals surface area contributed by atoms with Gasteiger partial charge in [-0.3, -0.25) is 4.79 Å². The van der Waals surface area contributed by atoms with Gasteiger partial charge in [-0.1, -0.05) is 6.08 Å². The highest BCUT2D eigenvalue weighted by molar-refractivity contribution is 7.88. The van der Waals surface area contributed by atoms with Crippen LogP contribution in [-0.2, 0) is 10.0 Å². The Kier molecular flexibility index (Phi) is 5.84. The lowest BCUT2D eigenvalue weighted by molar-refractivity contribution is 0.0952. The van der Waals surface area contributed by atoms with Crippen molar-refractivity contribution in [3.05, 3.63) is 48.3 Å². The van der Waals surface area contributed by atoms with E-state index in [1.807, 2.05) is 0 Å². The van der Waals surface area contributed by atoms with E-state index in [-0.39, 0.29) is 25.5 Å². The number of benzene rings is 1. The van der Waals surface area contributed by atoms with E-state index in [0.717, 1.165) is 6.26 Å². The fraction of sp³-hybridized carbons (Fsp3) is 0.308. The molecule has 20 heavy (non-hydrogen) atoms. The minimum atomic E-state index is -3.33. The maximum Gasteiger partial charge on any atom is 0.251 e. The molecule has 0 aliphatic carbocycles. The average Bonchev–Trinajstić information content (AvgIpc) is 2.37. The molecular formula is C13H17FN2O3S. The Morgan fingerprint density at radius 2 is 2.00 bits per heavy atom. The predicted octanol–water partition coefficient (Wildman–Crippen LogP) is 1.00. The molecular weight excluding hydrogens is 283 g/mol. The van der Waals surface area contributed by atoms with Crippen molar-refractivity contribution in [2.45, 2.75) is 0 Å². The lowest BCUT2D eigenvalue weighted by Gasteiger charge is -2.18. The van der Waals surface area contributed by atoms with E-state index < -0.39 is 15.8 Å². The molecule has 110 valence electrons. The van der Waals surface area contributed by atoms with Crippen LogP contribution in [0.4, 0.5) is 4.39 Å². The summed E-state index contributed by atoms with van der Waals surface area (Å²) < 4.78 is 36.8. The number of amides is 1. The highest BCUT2D eigenvalue weighted by atomic mass is 32.2. The van der Waals surface area contributed by atoms with Crippen LogP contribution in [-0.4, -0.2) is 44.5 Å². The molecule has 1 amide bonds. The van der Waals surface area contributed by atoms with Gasteiger partial charge in [0.1, 0.15) is 5.82 Å². The van der Waals surface area contributed by atoms with Gasteiger partial charge in [0.15, 0.2) is 0 Å². The number of hydrogen-bond acceptors (Lipinski definition) is 3. The fourth-order valence-corrected chi connectivity index (χ4v) is 2.33. The van der Waals surface area contributed by atoms with Crippen LogP contribution in [0.3, 0.4) is 0 Å². The summed E-state index contributed by atoms with van der Waals surface area (Å²) in [6, 6.07) is 5.11. The first-order valence-electron chi connectivity index (χ1n) is 5.94. The Morgan fingerprint density at radius 1 is 1.40 bits per heavy atom. The molecule has 0 fully saturated rings. The van der Waals surface area contributed by atoms with Gasteiger partial charge in [-0.25, -0.2) is 12.8 Å². The van der Waals surface area contributed by atoms with Crippen LogP contribution in [0.25, 0.3) is 0 Å². The van der Waals surface area contributed by atoms with E-state index >= 15 is 0 Å². The normalized spacial score (nSPS) is 11.3. The average molecular weight is 300 g/mol. The van der Waals surface area contributed by atoms with Gasteiger partial charge in [0, 0.05) is 25.2 Å². The van der Waals surface area contributed by atoms with Crippen molar-refractivity contribution in [1.82, 2.24) is 9.62 Å². The second kappa shape index (κ2) is 7.16. The summed E-state index contributed by atoms with van der Waals surface area (Å²) in [5.41, 5.74) is 0.320. The second-order valence-corrected chi connectivity index (χ2v) is 6.15. The zero-order valence-corrected chi connectivity index (χ0v) is 12.0.